The Labute approximate surface area is 166 Å². The van der Waals surface area contributed by atoms with Crippen LogP contribution < -0.4 is 14.8 Å². The fourth-order valence-electron chi connectivity index (χ4n) is 2.59. The molecule has 0 fully saturated rings. The number of sulfonamides is 1. The van der Waals surface area contributed by atoms with Crippen molar-refractivity contribution >= 4 is 15.9 Å². The predicted octanol–water partition coefficient (Wildman–Crippen LogP) is 2.18. The first kappa shape index (κ1) is 21.9. The molecule has 0 unspecified atom stereocenters. The number of rotatable bonds is 10. The molecule has 0 saturated heterocycles. The molecule has 2 N–H and O–H groups in total. The molecule has 0 saturated carbocycles. The minimum atomic E-state index is -3.80. The van der Waals surface area contributed by atoms with Gasteiger partial charge in [0.2, 0.25) is 15.9 Å². The van der Waals surface area contributed by atoms with E-state index in [-0.39, 0.29) is 17.2 Å². The Balaban J connectivity index is 2.23. The van der Waals surface area contributed by atoms with Gasteiger partial charge in [0.1, 0.15) is 5.75 Å². The number of ether oxygens (including phenoxy) is 2. The Bertz CT molecular complexity index is 864. The van der Waals surface area contributed by atoms with E-state index < -0.39 is 16.1 Å². The molecule has 0 heterocycles. The summed E-state index contributed by atoms with van der Waals surface area (Å²) in [7, 11) is -0.702. The molecule has 2 aromatic rings. The summed E-state index contributed by atoms with van der Waals surface area (Å²) in [5.74, 6) is 0.373. The molecule has 28 heavy (non-hydrogen) atoms. The summed E-state index contributed by atoms with van der Waals surface area (Å²) in [5, 5.41) is 2.72. The molecular weight excluding hydrogens is 380 g/mol. The maximum Gasteiger partial charge on any atom is 0.241 e. The van der Waals surface area contributed by atoms with Crippen LogP contribution in [0, 0.1) is 6.92 Å². The second-order valence-corrected chi connectivity index (χ2v) is 8.02. The van der Waals surface area contributed by atoms with E-state index in [1.165, 1.54) is 0 Å². The van der Waals surface area contributed by atoms with Crippen LogP contribution in [0.2, 0.25) is 0 Å². The summed E-state index contributed by atoms with van der Waals surface area (Å²) < 4.78 is 38.3. The number of carbonyl (C=O) groups is 1. The van der Waals surface area contributed by atoms with Gasteiger partial charge in [0.05, 0.1) is 24.7 Å². The minimum absolute atomic E-state index is 0.0405. The fourth-order valence-corrected chi connectivity index (χ4v) is 3.81. The van der Waals surface area contributed by atoms with E-state index in [1.54, 1.807) is 62.8 Å². The van der Waals surface area contributed by atoms with Crippen molar-refractivity contribution in [2.24, 2.45) is 0 Å². The van der Waals surface area contributed by atoms with Gasteiger partial charge in [-0.3, -0.25) is 4.79 Å². The summed E-state index contributed by atoms with van der Waals surface area (Å²) in [6.07, 6.45) is -0.0405. The van der Waals surface area contributed by atoms with Gasteiger partial charge in [0.15, 0.2) is 0 Å². The molecule has 8 heteroatoms. The van der Waals surface area contributed by atoms with Crippen LogP contribution in [0.5, 0.6) is 5.75 Å². The van der Waals surface area contributed by atoms with Gasteiger partial charge >= 0.3 is 0 Å². The first-order valence-electron chi connectivity index (χ1n) is 8.84. The average Bonchev–Trinajstić information content (AvgIpc) is 2.68. The van der Waals surface area contributed by atoms with Crippen LogP contribution in [0.25, 0.3) is 0 Å². The molecule has 0 aromatic heterocycles. The van der Waals surface area contributed by atoms with Crippen molar-refractivity contribution < 1.29 is 22.7 Å². The first-order chi connectivity index (χ1) is 13.4. The number of nitrogens with one attached hydrogen (secondary N) is 2. The molecule has 1 amide bonds. The third-order valence-electron chi connectivity index (χ3n) is 4.16. The summed E-state index contributed by atoms with van der Waals surface area (Å²) in [6.45, 7) is 2.62. The monoisotopic (exact) mass is 406 g/mol. The third-order valence-corrected chi connectivity index (χ3v) is 5.65. The third kappa shape index (κ3) is 6.33. The Morgan fingerprint density at radius 2 is 1.68 bits per heavy atom. The van der Waals surface area contributed by atoms with Gasteiger partial charge in [-0.25, -0.2) is 13.1 Å². The number of methoxy groups -OCH3 is 2. The van der Waals surface area contributed by atoms with Crippen LogP contribution in [-0.4, -0.2) is 41.7 Å². The van der Waals surface area contributed by atoms with Crippen LogP contribution in [0.4, 0.5) is 0 Å². The van der Waals surface area contributed by atoms with Gasteiger partial charge in [-0.2, -0.15) is 0 Å². The second kappa shape index (κ2) is 10.2. The van der Waals surface area contributed by atoms with Crippen LogP contribution in [-0.2, 0) is 19.6 Å². The van der Waals surface area contributed by atoms with Crippen LogP contribution >= 0.6 is 0 Å². The number of hydrogen-bond acceptors (Lipinski definition) is 5. The SMILES string of the molecule is COCCNC(=O)C[C@H](NS(=O)(=O)c1ccc(C)cc1)c1ccc(OC)cc1. The topological polar surface area (TPSA) is 93.7 Å². The summed E-state index contributed by atoms with van der Waals surface area (Å²) >= 11 is 0. The Morgan fingerprint density at radius 1 is 1.04 bits per heavy atom. The first-order valence-corrected chi connectivity index (χ1v) is 10.3. The molecule has 0 spiro atoms. The lowest BCUT2D eigenvalue weighted by Crippen LogP contribution is -2.34. The quantitative estimate of drug-likeness (QED) is 0.590. The van der Waals surface area contributed by atoms with Crippen LogP contribution in [0.3, 0.4) is 0 Å². The fraction of sp³-hybridized carbons (Fsp3) is 0.350. The molecule has 2 aromatic carbocycles. The van der Waals surface area contributed by atoms with Crippen molar-refractivity contribution in [3.63, 3.8) is 0 Å². The van der Waals surface area contributed by atoms with Crippen molar-refractivity contribution in [2.75, 3.05) is 27.4 Å². The van der Waals surface area contributed by atoms with Gasteiger partial charge in [0.25, 0.3) is 0 Å². The van der Waals surface area contributed by atoms with E-state index >= 15 is 0 Å². The number of amides is 1. The lowest BCUT2D eigenvalue weighted by molar-refractivity contribution is -0.121. The number of hydrogen-bond donors (Lipinski definition) is 2. The highest BCUT2D eigenvalue weighted by molar-refractivity contribution is 7.89. The van der Waals surface area contributed by atoms with Crippen molar-refractivity contribution in [1.29, 1.82) is 0 Å². The van der Waals surface area contributed by atoms with Crippen LogP contribution in [0.15, 0.2) is 53.4 Å². The molecule has 2 rings (SSSR count). The minimum Gasteiger partial charge on any atom is -0.497 e. The van der Waals surface area contributed by atoms with Gasteiger partial charge < -0.3 is 14.8 Å². The van der Waals surface area contributed by atoms with Crippen LogP contribution in [0.1, 0.15) is 23.6 Å². The van der Waals surface area contributed by atoms with E-state index in [9.17, 15) is 13.2 Å². The normalized spacial score (nSPS) is 12.4. The zero-order chi connectivity index (χ0) is 20.6. The Kier molecular flexibility index (Phi) is 7.98. The number of benzene rings is 2. The molecule has 152 valence electrons. The highest BCUT2D eigenvalue weighted by Gasteiger charge is 2.23. The Hall–Kier alpha value is -2.42. The predicted molar refractivity (Wildman–Crippen MR) is 107 cm³/mol. The van der Waals surface area contributed by atoms with Crippen molar-refractivity contribution in [3.05, 3.63) is 59.7 Å². The van der Waals surface area contributed by atoms with Crippen molar-refractivity contribution in [2.45, 2.75) is 24.3 Å². The van der Waals surface area contributed by atoms with Gasteiger partial charge in [-0.15, -0.1) is 0 Å². The summed E-state index contributed by atoms with van der Waals surface area (Å²) in [6, 6.07) is 12.8. The highest BCUT2D eigenvalue weighted by atomic mass is 32.2. The van der Waals surface area contributed by atoms with Crippen molar-refractivity contribution in [3.8, 4) is 5.75 Å². The van der Waals surface area contributed by atoms with Gasteiger partial charge in [-0.1, -0.05) is 29.8 Å². The lowest BCUT2D eigenvalue weighted by atomic mass is 10.0. The Morgan fingerprint density at radius 3 is 2.25 bits per heavy atom. The summed E-state index contributed by atoms with van der Waals surface area (Å²) in [5.41, 5.74) is 1.63. The van der Waals surface area contributed by atoms with E-state index in [2.05, 4.69) is 10.0 Å². The van der Waals surface area contributed by atoms with E-state index in [0.717, 1.165) is 5.56 Å². The smallest absolute Gasteiger partial charge is 0.241 e. The molecular formula is C20H26N2O5S. The lowest BCUT2D eigenvalue weighted by Gasteiger charge is -2.19. The zero-order valence-corrected chi connectivity index (χ0v) is 17.1. The second-order valence-electron chi connectivity index (χ2n) is 6.31. The molecule has 0 bridgehead atoms. The van der Waals surface area contributed by atoms with Gasteiger partial charge in [0, 0.05) is 20.1 Å². The van der Waals surface area contributed by atoms with E-state index in [0.29, 0.717) is 24.5 Å². The molecule has 0 radical (unpaired) electrons. The maximum atomic E-state index is 12.8. The van der Waals surface area contributed by atoms with E-state index in [4.69, 9.17) is 9.47 Å². The number of aryl methyl sites for hydroxylation is 1. The summed E-state index contributed by atoms with van der Waals surface area (Å²) in [4.78, 5) is 12.4. The largest absolute Gasteiger partial charge is 0.497 e. The number of carbonyl (C=O) groups excluding carboxylic acids is 1. The molecule has 0 aliphatic heterocycles. The van der Waals surface area contributed by atoms with Gasteiger partial charge in [-0.05, 0) is 36.8 Å². The highest BCUT2D eigenvalue weighted by Crippen LogP contribution is 2.23. The van der Waals surface area contributed by atoms with E-state index in [1.807, 2.05) is 6.92 Å². The van der Waals surface area contributed by atoms with Crippen molar-refractivity contribution in [1.82, 2.24) is 10.0 Å². The molecule has 1 atom stereocenters. The standard InChI is InChI=1S/C20H26N2O5S/c1-15-4-10-18(11-5-15)28(24,25)22-19(14-20(23)21-12-13-26-2)16-6-8-17(27-3)9-7-16/h4-11,19,22H,12-14H2,1-3H3,(H,21,23)/t19-/m0/s1. The molecule has 0 aliphatic rings. The average molecular weight is 407 g/mol. The molecule has 7 nitrogen and oxygen atoms in total. The zero-order valence-electron chi connectivity index (χ0n) is 16.3. The molecule has 0 aliphatic carbocycles. The maximum absolute atomic E-state index is 12.8.